The van der Waals surface area contributed by atoms with Gasteiger partial charge in [0.05, 0.1) is 11.4 Å². The van der Waals surface area contributed by atoms with Gasteiger partial charge in [0.2, 0.25) is 0 Å². The topological polar surface area (TPSA) is 24.4 Å². The third-order valence-electron chi connectivity index (χ3n) is 4.45. The maximum Gasteiger partial charge on any atom is 0.0630 e. The Morgan fingerprint density at radius 3 is 2.33 bits per heavy atom. The lowest BCUT2D eigenvalue weighted by Crippen LogP contribution is -2.10. The Hall–Kier alpha value is -2.07. The molecule has 0 saturated carbocycles. The van der Waals surface area contributed by atoms with Crippen LogP contribution in [0.15, 0.2) is 65.2 Å². The summed E-state index contributed by atoms with van der Waals surface area (Å²) in [6, 6.07) is 17.6. The van der Waals surface area contributed by atoms with Gasteiger partial charge < -0.3 is 5.32 Å². The first-order valence-corrected chi connectivity index (χ1v) is 10.3. The van der Waals surface area contributed by atoms with Gasteiger partial charge in [0.15, 0.2) is 0 Å². The first kappa shape index (κ1) is 18.3. The molecular weight excluding hydrogens is 395 g/mol. The van der Waals surface area contributed by atoms with Crippen molar-refractivity contribution in [3.8, 4) is 0 Å². The predicted molar refractivity (Wildman–Crippen MR) is 119 cm³/mol. The summed E-state index contributed by atoms with van der Waals surface area (Å²) in [5, 5.41) is 5.04. The van der Waals surface area contributed by atoms with E-state index in [1.54, 1.807) is 0 Å². The highest BCUT2D eigenvalue weighted by atomic mass is 35.5. The van der Waals surface area contributed by atoms with E-state index in [1.807, 2.05) is 66.1 Å². The number of benzene rings is 2. The van der Waals surface area contributed by atoms with E-state index in [-0.39, 0.29) is 0 Å². The Morgan fingerprint density at radius 1 is 0.963 bits per heavy atom. The molecule has 4 rings (SSSR count). The Bertz CT molecular complexity index is 1020. The highest BCUT2D eigenvalue weighted by Gasteiger charge is 2.20. The molecular formula is C22H18Cl2N2S. The molecule has 0 radical (unpaired) electrons. The highest BCUT2D eigenvalue weighted by Crippen LogP contribution is 2.37. The van der Waals surface area contributed by atoms with E-state index in [1.165, 1.54) is 20.9 Å². The lowest BCUT2D eigenvalue weighted by atomic mass is 9.95. The molecule has 0 fully saturated rings. The van der Waals surface area contributed by atoms with Gasteiger partial charge in [-0.25, -0.2) is 0 Å². The zero-order valence-electron chi connectivity index (χ0n) is 14.8. The second kappa shape index (κ2) is 7.89. The quantitative estimate of drug-likeness (QED) is 0.439. The molecule has 0 aliphatic heterocycles. The average Bonchev–Trinajstić information content (AvgIpc) is 3.05. The summed E-state index contributed by atoms with van der Waals surface area (Å²) < 4.78 is 0. The normalized spacial score (nSPS) is 13.9. The summed E-state index contributed by atoms with van der Waals surface area (Å²) in [4.78, 5) is 7.41. The lowest BCUT2D eigenvalue weighted by Gasteiger charge is -2.20. The van der Waals surface area contributed by atoms with Gasteiger partial charge in [0.25, 0.3) is 0 Å². The molecule has 1 aliphatic rings. The molecule has 136 valence electrons. The summed E-state index contributed by atoms with van der Waals surface area (Å²) >= 11 is 13.9. The fraction of sp³-hybridized carbons (Fsp3) is 0.136. The number of anilines is 1. The third-order valence-corrected chi connectivity index (χ3v) is 6.07. The van der Waals surface area contributed by atoms with Crippen molar-refractivity contribution in [3.05, 3.63) is 85.5 Å². The van der Waals surface area contributed by atoms with Crippen LogP contribution >= 0.6 is 34.5 Å². The van der Waals surface area contributed by atoms with Crippen LogP contribution < -0.4 is 5.32 Å². The molecule has 0 unspecified atom stereocenters. The van der Waals surface area contributed by atoms with Crippen LogP contribution in [0.3, 0.4) is 0 Å². The number of nitrogens with one attached hydrogen (secondary N) is 1. The Kier molecular flexibility index (Phi) is 5.35. The van der Waals surface area contributed by atoms with Gasteiger partial charge in [-0.1, -0.05) is 23.2 Å². The largest absolute Gasteiger partial charge is 0.355 e. The van der Waals surface area contributed by atoms with Crippen LogP contribution in [0.1, 0.15) is 21.7 Å². The van der Waals surface area contributed by atoms with Gasteiger partial charge in [0.1, 0.15) is 0 Å². The molecule has 1 heterocycles. The minimum absolute atomic E-state index is 0.717. The molecule has 3 aromatic rings. The number of allylic oxidation sites excluding steroid dienone is 1. The van der Waals surface area contributed by atoms with Gasteiger partial charge in [0, 0.05) is 37.3 Å². The minimum Gasteiger partial charge on any atom is -0.355 e. The molecule has 1 N–H and O–H groups in total. The van der Waals surface area contributed by atoms with Crippen LogP contribution in [0.2, 0.25) is 10.0 Å². The molecule has 1 aliphatic carbocycles. The third kappa shape index (κ3) is 4.27. The van der Waals surface area contributed by atoms with E-state index < -0.39 is 0 Å². The highest BCUT2D eigenvalue weighted by molar-refractivity contribution is 7.12. The smallest absolute Gasteiger partial charge is 0.0630 e. The number of hydrogen-bond donors (Lipinski definition) is 1. The van der Waals surface area contributed by atoms with Gasteiger partial charge >= 0.3 is 0 Å². The molecule has 2 aromatic carbocycles. The van der Waals surface area contributed by atoms with Gasteiger partial charge in [-0.2, -0.15) is 0 Å². The first-order chi connectivity index (χ1) is 13.1. The summed E-state index contributed by atoms with van der Waals surface area (Å²) in [5.41, 5.74) is 5.51. The number of aryl methyl sites for hydroxylation is 2. The van der Waals surface area contributed by atoms with Gasteiger partial charge in [-0.05, 0) is 79.9 Å². The zero-order valence-corrected chi connectivity index (χ0v) is 17.1. The van der Waals surface area contributed by atoms with Crippen LogP contribution in [-0.2, 0) is 6.42 Å². The van der Waals surface area contributed by atoms with Crippen molar-refractivity contribution < 1.29 is 0 Å². The summed E-state index contributed by atoms with van der Waals surface area (Å²) in [6.07, 6.45) is 3.97. The van der Waals surface area contributed by atoms with Crippen LogP contribution in [0.5, 0.6) is 0 Å². The number of thiophene rings is 1. The van der Waals surface area contributed by atoms with Crippen molar-refractivity contribution in [1.82, 2.24) is 0 Å². The van der Waals surface area contributed by atoms with Crippen molar-refractivity contribution >= 4 is 57.8 Å². The molecule has 5 heteroatoms. The minimum atomic E-state index is 0.717. The number of aliphatic imine (C=N–C) groups is 1. The molecule has 0 bridgehead atoms. The van der Waals surface area contributed by atoms with Crippen LogP contribution in [-0.4, -0.2) is 6.21 Å². The van der Waals surface area contributed by atoms with E-state index in [4.69, 9.17) is 23.2 Å². The lowest BCUT2D eigenvalue weighted by molar-refractivity contribution is 0.979. The summed E-state index contributed by atoms with van der Waals surface area (Å²) in [5.74, 6) is 0. The number of rotatable bonds is 4. The number of hydrogen-bond acceptors (Lipinski definition) is 3. The summed E-state index contributed by atoms with van der Waals surface area (Å²) in [6.45, 7) is 2.16. The molecule has 0 amide bonds. The van der Waals surface area contributed by atoms with E-state index in [9.17, 15) is 0 Å². The molecule has 0 saturated heterocycles. The zero-order chi connectivity index (χ0) is 18.8. The SMILES string of the molecule is Cc1cc2c(s1)CCC(C=Nc1ccc(Cl)cc1)=C2Nc1ccc(Cl)cc1. The van der Waals surface area contributed by atoms with Crippen molar-refractivity contribution in [2.75, 3.05) is 5.32 Å². The van der Waals surface area contributed by atoms with E-state index in [0.717, 1.165) is 34.9 Å². The number of fused-ring (bicyclic) bond motifs is 1. The van der Waals surface area contributed by atoms with Crippen LogP contribution in [0.25, 0.3) is 5.70 Å². The standard InChI is InChI=1S/C22H18Cl2N2S/c1-14-12-20-21(27-14)11-2-15(13-25-18-7-3-16(23)4-8-18)22(20)26-19-9-5-17(24)6-10-19/h3-10,12-13,26H,2,11H2,1H3. The fourth-order valence-electron chi connectivity index (χ4n) is 3.14. The summed E-state index contributed by atoms with van der Waals surface area (Å²) in [7, 11) is 0. The van der Waals surface area contributed by atoms with Crippen molar-refractivity contribution in [1.29, 1.82) is 0 Å². The van der Waals surface area contributed by atoms with Crippen LogP contribution in [0.4, 0.5) is 11.4 Å². The molecule has 1 aromatic heterocycles. The maximum absolute atomic E-state index is 6.03. The second-order valence-electron chi connectivity index (χ2n) is 6.46. The Balaban J connectivity index is 1.72. The number of halogens is 2. The molecule has 0 atom stereocenters. The van der Waals surface area contributed by atoms with Gasteiger partial charge in [-0.15, -0.1) is 11.3 Å². The average molecular weight is 413 g/mol. The first-order valence-electron chi connectivity index (χ1n) is 8.73. The second-order valence-corrected chi connectivity index (χ2v) is 8.67. The predicted octanol–water partition coefficient (Wildman–Crippen LogP) is 7.54. The van der Waals surface area contributed by atoms with E-state index in [2.05, 4.69) is 23.3 Å². The molecule has 27 heavy (non-hydrogen) atoms. The van der Waals surface area contributed by atoms with Crippen LogP contribution in [0, 0.1) is 6.92 Å². The maximum atomic E-state index is 6.03. The van der Waals surface area contributed by atoms with Crippen molar-refractivity contribution in [3.63, 3.8) is 0 Å². The van der Waals surface area contributed by atoms with E-state index in [0.29, 0.717) is 5.02 Å². The van der Waals surface area contributed by atoms with Crippen molar-refractivity contribution in [2.24, 2.45) is 4.99 Å². The molecule has 0 spiro atoms. The van der Waals surface area contributed by atoms with E-state index >= 15 is 0 Å². The monoisotopic (exact) mass is 412 g/mol. The van der Waals surface area contributed by atoms with Crippen molar-refractivity contribution in [2.45, 2.75) is 19.8 Å². The Labute approximate surface area is 173 Å². The molecule has 2 nitrogen and oxygen atoms in total. The fourth-order valence-corrected chi connectivity index (χ4v) is 4.43. The number of nitrogens with zero attached hydrogens (tertiary/aromatic N) is 1. The van der Waals surface area contributed by atoms with Gasteiger partial charge in [-0.3, -0.25) is 4.99 Å². The Morgan fingerprint density at radius 2 is 1.63 bits per heavy atom.